The number of methoxy groups -OCH3 is 5. The van der Waals surface area contributed by atoms with Gasteiger partial charge in [0.2, 0.25) is 59.1 Å². The molecule has 4 aromatic carbocycles. The summed E-state index contributed by atoms with van der Waals surface area (Å²) < 4.78 is 27.7. The van der Waals surface area contributed by atoms with Gasteiger partial charge in [0.05, 0.1) is 33.5 Å². The zero-order valence-electron chi connectivity index (χ0n) is 60.7. The molecule has 2 aliphatic rings. The van der Waals surface area contributed by atoms with Crippen LogP contribution in [0.3, 0.4) is 0 Å². The molecular formula is C74H104N10O15S2. The molecule has 10 amide bonds. The highest BCUT2D eigenvalue weighted by Gasteiger charge is 2.49. The van der Waals surface area contributed by atoms with Crippen LogP contribution in [0.5, 0.6) is 17.2 Å². The van der Waals surface area contributed by atoms with Crippen molar-refractivity contribution in [2.75, 3.05) is 67.7 Å². The Labute approximate surface area is 602 Å². The number of ether oxygens (including phenoxy) is 5. The Bertz CT molecular complexity index is 3460. The third-order valence-corrected chi connectivity index (χ3v) is 20.6. The molecule has 27 heteroatoms. The van der Waals surface area contributed by atoms with Crippen molar-refractivity contribution in [1.82, 2.24) is 46.6 Å². The Morgan fingerprint density at radius 3 is 1.49 bits per heavy atom. The van der Waals surface area contributed by atoms with E-state index in [0.717, 1.165) is 11.1 Å². The van der Waals surface area contributed by atoms with E-state index in [1.165, 1.54) is 87.9 Å². The van der Waals surface area contributed by atoms with Crippen molar-refractivity contribution in [3.05, 3.63) is 125 Å². The number of rotatable bonds is 18. The van der Waals surface area contributed by atoms with E-state index in [-0.39, 0.29) is 69.1 Å². The molecule has 0 unspecified atom stereocenters. The number of carbonyl (C=O) groups excluding carboxylic acids is 10. The summed E-state index contributed by atoms with van der Waals surface area (Å²) in [6.45, 7) is 12.4. The summed E-state index contributed by atoms with van der Waals surface area (Å²) in [7, 11) is 10.2. The van der Waals surface area contributed by atoms with Crippen LogP contribution in [0.4, 0.5) is 0 Å². The average Bonchev–Trinajstić information content (AvgIpc) is 1.72. The van der Waals surface area contributed by atoms with E-state index < -0.39 is 125 Å². The molecule has 0 saturated carbocycles. The van der Waals surface area contributed by atoms with Gasteiger partial charge in [-0.1, -0.05) is 88.4 Å². The maximum atomic E-state index is 15.6. The number of nitrogens with two attached hydrogens (primary N) is 1. The van der Waals surface area contributed by atoms with Crippen LogP contribution in [0, 0.1) is 11.8 Å². The fourth-order valence-corrected chi connectivity index (χ4v) is 14.1. The Morgan fingerprint density at radius 2 is 0.990 bits per heavy atom. The molecule has 4 aromatic rings. The van der Waals surface area contributed by atoms with E-state index in [1.807, 2.05) is 52.0 Å². The van der Waals surface area contributed by atoms with E-state index in [9.17, 15) is 19.2 Å². The fraction of sp³-hybridized carbons (Fsp3) is 0.541. The number of fused-ring (bicyclic) bond motifs is 3. The first kappa shape index (κ1) is 81.6. The molecule has 0 radical (unpaired) electrons. The van der Waals surface area contributed by atoms with Crippen molar-refractivity contribution in [3.8, 4) is 17.2 Å². The summed E-state index contributed by atoms with van der Waals surface area (Å²) in [5.41, 5.74) is 8.14. The molecule has 6 rings (SSSR count). The molecule has 11 atom stereocenters. The van der Waals surface area contributed by atoms with E-state index in [2.05, 4.69) is 31.9 Å². The molecule has 0 aliphatic carbocycles. The molecule has 101 heavy (non-hydrogen) atoms. The summed E-state index contributed by atoms with van der Waals surface area (Å²) in [5, 5.41) is 17.3. The number of benzene rings is 4. The second-order valence-electron chi connectivity index (χ2n) is 26.9. The molecule has 0 aromatic heterocycles. The van der Waals surface area contributed by atoms with Gasteiger partial charge in [-0.3, -0.25) is 47.9 Å². The van der Waals surface area contributed by atoms with Gasteiger partial charge in [0.15, 0.2) is 0 Å². The third kappa shape index (κ3) is 23.3. The molecule has 552 valence electrons. The molecule has 1 fully saturated rings. The molecule has 0 spiro atoms. The first-order chi connectivity index (χ1) is 48.0. The van der Waals surface area contributed by atoms with Gasteiger partial charge >= 0.3 is 0 Å². The lowest BCUT2D eigenvalue weighted by Crippen LogP contribution is -2.64. The molecule has 8 N–H and O–H groups in total. The van der Waals surface area contributed by atoms with Gasteiger partial charge in [-0.15, -0.1) is 0 Å². The summed E-state index contributed by atoms with van der Waals surface area (Å²) in [6.07, 6.45) is -1.38. The Morgan fingerprint density at radius 1 is 0.545 bits per heavy atom. The first-order valence-corrected chi connectivity index (χ1v) is 36.5. The van der Waals surface area contributed by atoms with Crippen LogP contribution >= 0.6 is 23.5 Å². The summed E-state index contributed by atoms with van der Waals surface area (Å²) in [5.74, 6) is -4.24. The molecule has 2 heterocycles. The van der Waals surface area contributed by atoms with Gasteiger partial charge in [-0.2, -0.15) is 23.5 Å². The lowest BCUT2D eigenvalue weighted by Gasteiger charge is -2.37. The molecule has 2 aliphatic heterocycles. The van der Waals surface area contributed by atoms with Crippen molar-refractivity contribution in [2.24, 2.45) is 17.6 Å². The Kier molecular flexibility index (Phi) is 31.6. The minimum Gasteiger partial charge on any atom is -0.497 e. The zero-order valence-corrected chi connectivity index (χ0v) is 62.4. The quantitative estimate of drug-likeness (QED) is 0.0696. The van der Waals surface area contributed by atoms with Crippen LogP contribution in [-0.4, -0.2) is 208 Å². The van der Waals surface area contributed by atoms with Crippen molar-refractivity contribution in [3.63, 3.8) is 0 Å². The highest BCUT2D eigenvalue weighted by atomic mass is 32.2. The van der Waals surface area contributed by atoms with E-state index in [4.69, 9.17) is 29.4 Å². The summed E-state index contributed by atoms with van der Waals surface area (Å²) in [6, 6.07) is 17.9. The van der Waals surface area contributed by atoms with E-state index >= 15 is 28.8 Å². The van der Waals surface area contributed by atoms with E-state index in [1.54, 1.807) is 93.6 Å². The van der Waals surface area contributed by atoms with Crippen molar-refractivity contribution < 1.29 is 71.6 Å². The van der Waals surface area contributed by atoms with Gasteiger partial charge in [-0.05, 0) is 123 Å². The van der Waals surface area contributed by atoms with Crippen molar-refractivity contribution in [2.45, 2.75) is 177 Å². The number of hydrogen-bond acceptors (Lipinski definition) is 17. The topological polar surface area (TPSA) is 325 Å². The number of carbonyl (C=O) groups is 10. The zero-order chi connectivity index (χ0) is 74.3. The van der Waals surface area contributed by atoms with Gasteiger partial charge in [0, 0.05) is 83.6 Å². The van der Waals surface area contributed by atoms with Crippen molar-refractivity contribution in [1.29, 1.82) is 0 Å². The second-order valence-corrected chi connectivity index (χ2v) is 29.0. The minimum atomic E-state index is -1.51. The monoisotopic (exact) mass is 1440 g/mol. The number of primary amides is 1. The van der Waals surface area contributed by atoms with Crippen LogP contribution in [0.15, 0.2) is 97.1 Å². The lowest BCUT2D eigenvalue weighted by atomic mass is 9.95. The highest BCUT2D eigenvalue weighted by Crippen LogP contribution is 2.32. The minimum absolute atomic E-state index is 0.0309. The van der Waals surface area contributed by atoms with Crippen LogP contribution in [0.25, 0.3) is 0 Å². The molecule has 1 saturated heterocycles. The highest BCUT2D eigenvalue weighted by molar-refractivity contribution is 7.98. The van der Waals surface area contributed by atoms with Gasteiger partial charge in [0.25, 0.3) is 0 Å². The second kappa shape index (κ2) is 39.1. The molecular weight excluding hydrogens is 1330 g/mol. The normalized spacial score (nSPS) is 24.2. The van der Waals surface area contributed by atoms with Crippen LogP contribution in [-0.2, 0) is 88.2 Å². The van der Waals surface area contributed by atoms with Gasteiger partial charge in [0.1, 0.15) is 71.1 Å². The maximum absolute atomic E-state index is 15.6. The summed E-state index contributed by atoms with van der Waals surface area (Å²) >= 11 is 2.88. The SMILES string of the molecule is COc1ccc(C[C@@H]2NC(=O)[C@H](Cc3ccc(OC)cc3)N(C)C(=O)[C@@H](CC(C)C)NC(=O)[C@H]([C@@H](C)OC)NC(=O)CCSCc3cccc(c3)CSC[C@H](C(N)=O)NC(=O)[C@]3(C)CCCN3C(=O)[C@H](Cc3ccc(OC)cc3)NC(=O)[C@H]([C@@H](C)OC)NC(=O)[C@H](CC(C)C)N(C)C2=O)cc1. The maximum Gasteiger partial charge on any atom is 0.246 e. The lowest BCUT2D eigenvalue weighted by molar-refractivity contribution is -0.148. The van der Waals surface area contributed by atoms with Crippen LogP contribution in [0.1, 0.15) is 108 Å². The number of hydrogen-bond donors (Lipinski definition) is 7. The predicted molar refractivity (Wildman–Crippen MR) is 389 cm³/mol. The number of likely N-dealkylation sites (N-methyl/N-ethyl adjacent to an activating group) is 2. The van der Waals surface area contributed by atoms with Crippen LogP contribution in [0.2, 0.25) is 0 Å². The molecule has 25 nitrogen and oxygen atoms in total. The van der Waals surface area contributed by atoms with Gasteiger partial charge < -0.3 is 76.0 Å². The van der Waals surface area contributed by atoms with Gasteiger partial charge in [-0.25, -0.2) is 0 Å². The predicted octanol–water partition coefficient (Wildman–Crippen LogP) is 4.90. The Balaban J connectivity index is 1.44. The smallest absolute Gasteiger partial charge is 0.246 e. The summed E-state index contributed by atoms with van der Waals surface area (Å²) in [4.78, 5) is 152. The Hall–Kier alpha value is -8.40. The number of thioether (sulfide) groups is 2. The fourth-order valence-electron chi connectivity index (χ4n) is 12.2. The third-order valence-electron chi connectivity index (χ3n) is 18.5. The largest absolute Gasteiger partial charge is 0.497 e. The molecule has 2 bridgehead atoms. The van der Waals surface area contributed by atoms with Crippen LogP contribution < -0.4 is 51.8 Å². The van der Waals surface area contributed by atoms with Crippen molar-refractivity contribution >= 4 is 82.6 Å². The standard InChI is InChI=1S/C74H104N10O15S2/c1-44(2)35-56-70(91)83(9)61(40-50-23-29-55(99-14)30-24-50)66(87)76-57(38-48-19-25-53(97-12)26-20-48)71(92)82(8)60(36-45(3)4)67(88)81-64(47(6)96-11)69(90)78-58(39-49-21-27-54(98-13)28-22-49)72(93)84-33-16-32-74(84,7)73(94)79-59(65(75)86)43-101-42-52-18-15-17-51(37-52)41-100-34-31-62(85)80-63(46(5)95-10)68(89)77-56/h15,17-30,37,44-47,56-61,63-64H,16,31-36,38-43H2,1-14H3,(H2,75,86)(H,76,87)(H,77,89)(H,78,90)(H,79,94)(H,80,85)(H,81,88)/t46-,47-,56-,57+,58+,59-,60+,61+,63+,64+,74+/m1/s1. The number of nitrogens with one attached hydrogen (secondary N) is 6. The number of nitrogens with zero attached hydrogens (tertiary/aromatic N) is 3. The van der Waals surface area contributed by atoms with E-state index in [0.29, 0.717) is 57.6 Å². The number of amides is 10. The average molecular weight is 1440 g/mol. The first-order valence-electron chi connectivity index (χ1n) is 34.2.